The van der Waals surface area contributed by atoms with Crippen LogP contribution in [-0.4, -0.2) is 9.97 Å². The molecule has 0 bridgehead atoms. The van der Waals surface area contributed by atoms with Gasteiger partial charge >= 0.3 is 0 Å². The van der Waals surface area contributed by atoms with Gasteiger partial charge in [0.1, 0.15) is 5.01 Å². The van der Waals surface area contributed by atoms with E-state index in [9.17, 15) is 0 Å². The first-order valence-electron chi connectivity index (χ1n) is 6.87. The highest BCUT2D eigenvalue weighted by Gasteiger charge is 2.15. The predicted molar refractivity (Wildman–Crippen MR) is 88.7 cm³/mol. The summed E-state index contributed by atoms with van der Waals surface area (Å²) in [6, 6.07) is 8.55. The summed E-state index contributed by atoms with van der Waals surface area (Å²) in [5.41, 5.74) is 3.48. The summed E-state index contributed by atoms with van der Waals surface area (Å²) in [6.45, 7) is 2.78. The molecule has 0 aromatic carbocycles. The van der Waals surface area contributed by atoms with Crippen molar-refractivity contribution < 1.29 is 0 Å². The van der Waals surface area contributed by atoms with Gasteiger partial charge in [-0.2, -0.15) is 11.3 Å². The molecule has 0 aliphatic rings. The van der Waals surface area contributed by atoms with Gasteiger partial charge in [0.05, 0.1) is 11.7 Å². The minimum atomic E-state index is 0.238. The second-order valence-electron chi connectivity index (χ2n) is 4.91. The molecule has 21 heavy (non-hydrogen) atoms. The zero-order chi connectivity index (χ0) is 14.5. The Balaban J connectivity index is 1.70. The molecule has 3 aromatic rings. The first-order valence-corrected chi connectivity index (χ1v) is 8.70. The SMILES string of the molecule is Cc1cccc(CN[C@H](Cc2ccsc2)c2nccs2)n1. The lowest BCUT2D eigenvalue weighted by Gasteiger charge is -2.16. The smallest absolute Gasteiger partial charge is 0.110 e. The molecular formula is C16H17N3S2. The second kappa shape index (κ2) is 6.93. The Morgan fingerprint density at radius 2 is 2.19 bits per heavy atom. The normalized spacial score (nSPS) is 12.4. The van der Waals surface area contributed by atoms with Gasteiger partial charge in [0, 0.05) is 23.8 Å². The van der Waals surface area contributed by atoms with Crippen molar-refractivity contribution in [3.63, 3.8) is 0 Å². The van der Waals surface area contributed by atoms with Crippen molar-refractivity contribution >= 4 is 22.7 Å². The zero-order valence-electron chi connectivity index (χ0n) is 11.8. The number of thiazole rings is 1. The van der Waals surface area contributed by atoms with Gasteiger partial charge in [0.2, 0.25) is 0 Å². The molecule has 0 saturated carbocycles. The highest BCUT2D eigenvalue weighted by atomic mass is 32.1. The minimum Gasteiger partial charge on any atom is -0.302 e. The molecule has 3 rings (SSSR count). The summed E-state index contributed by atoms with van der Waals surface area (Å²) in [6.07, 6.45) is 2.83. The number of aryl methyl sites for hydroxylation is 1. The predicted octanol–water partition coefficient (Wildman–Crippen LogP) is 3.98. The average molecular weight is 315 g/mol. The fourth-order valence-electron chi connectivity index (χ4n) is 2.22. The van der Waals surface area contributed by atoms with E-state index in [0.29, 0.717) is 0 Å². The number of pyridine rings is 1. The highest BCUT2D eigenvalue weighted by molar-refractivity contribution is 7.09. The van der Waals surface area contributed by atoms with E-state index in [4.69, 9.17) is 0 Å². The lowest BCUT2D eigenvalue weighted by Crippen LogP contribution is -2.23. The largest absolute Gasteiger partial charge is 0.302 e. The Kier molecular flexibility index (Phi) is 4.75. The Morgan fingerprint density at radius 3 is 2.90 bits per heavy atom. The van der Waals surface area contributed by atoms with Gasteiger partial charge in [-0.1, -0.05) is 6.07 Å². The molecule has 0 fully saturated rings. The summed E-state index contributed by atoms with van der Waals surface area (Å²) < 4.78 is 0. The third-order valence-corrected chi connectivity index (χ3v) is 4.87. The van der Waals surface area contributed by atoms with Gasteiger partial charge in [-0.25, -0.2) is 4.98 Å². The maximum Gasteiger partial charge on any atom is 0.110 e. The van der Waals surface area contributed by atoms with Crippen LogP contribution in [0, 0.1) is 6.92 Å². The van der Waals surface area contributed by atoms with Crippen LogP contribution in [0.3, 0.4) is 0 Å². The van der Waals surface area contributed by atoms with Gasteiger partial charge in [-0.15, -0.1) is 11.3 Å². The van der Waals surface area contributed by atoms with Crippen LogP contribution >= 0.6 is 22.7 Å². The van der Waals surface area contributed by atoms with Crippen LogP contribution < -0.4 is 5.32 Å². The van der Waals surface area contributed by atoms with Gasteiger partial charge in [-0.05, 0) is 47.9 Å². The summed E-state index contributed by atoms with van der Waals surface area (Å²) in [5.74, 6) is 0. The number of hydrogen-bond acceptors (Lipinski definition) is 5. The molecule has 3 heterocycles. The second-order valence-corrected chi connectivity index (χ2v) is 6.62. The fraction of sp³-hybridized carbons (Fsp3) is 0.250. The first kappa shape index (κ1) is 14.4. The summed E-state index contributed by atoms with van der Waals surface area (Å²) in [7, 11) is 0. The molecule has 0 aliphatic carbocycles. The van der Waals surface area contributed by atoms with Crippen LogP contribution in [0.4, 0.5) is 0 Å². The number of hydrogen-bond donors (Lipinski definition) is 1. The van der Waals surface area contributed by atoms with Crippen LogP contribution in [0.25, 0.3) is 0 Å². The Morgan fingerprint density at radius 1 is 1.24 bits per heavy atom. The van der Waals surface area contributed by atoms with Crippen molar-refractivity contribution in [2.45, 2.75) is 25.9 Å². The summed E-state index contributed by atoms with van der Waals surface area (Å²) in [5, 5.41) is 11.1. The van der Waals surface area contributed by atoms with E-state index >= 15 is 0 Å². The minimum absolute atomic E-state index is 0.238. The lowest BCUT2D eigenvalue weighted by atomic mass is 10.1. The Bertz CT molecular complexity index is 663. The molecule has 3 nitrogen and oxygen atoms in total. The topological polar surface area (TPSA) is 37.8 Å². The Hall–Kier alpha value is -1.56. The third kappa shape index (κ3) is 3.97. The van der Waals surface area contributed by atoms with E-state index in [-0.39, 0.29) is 6.04 Å². The van der Waals surface area contributed by atoms with E-state index in [1.54, 1.807) is 22.7 Å². The van der Waals surface area contributed by atoms with E-state index < -0.39 is 0 Å². The van der Waals surface area contributed by atoms with Crippen molar-refractivity contribution in [3.05, 3.63) is 68.6 Å². The average Bonchev–Trinajstić information content (AvgIpc) is 3.16. The molecule has 0 unspecified atom stereocenters. The van der Waals surface area contributed by atoms with Crippen LogP contribution in [0.15, 0.2) is 46.6 Å². The van der Waals surface area contributed by atoms with Gasteiger partial charge in [0.15, 0.2) is 0 Å². The molecule has 0 radical (unpaired) electrons. The molecule has 1 atom stereocenters. The van der Waals surface area contributed by atoms with E-state index in [1.807, 2.05) is 24.6 Å². The van der Waals surface area contributed by atoms with Crippen LogP contribution in [-0.2, 0) is 13.0 Å². The highest BCUT2D eigenvalue weighted by Crippen LogP contribution is 2.22. The summed E-state index contributed by atoms with van der Waals surface area (Å²) in [4.78, 5) is 9.01. The van der Waals surface area contributed by atoms with Gasteiger partial charge in [-0.3, -0.25) is 4.98 Å². The molecule has 0 amide bonds. The van der Waals surface area contributed by atoms with Crippen LogP contribution in [0.5, 0.6) is 0 Å². The van der Waals surface area contributed by atoms with Gasteiger partial charge in [0.25, 0.3) is 0 Å². The molecule has 0 spiro atoms. The van der Waals surface area contributed by atoms with Crippen molar-refractivity contribution in [3.8, 4) is 0 Å². The van der Waals surface area contributed by atoms with E-state index in [1.165, 1.54) is 5.56 Å². The fourth-order valence-corrected chi connectivity index (χ4v) is 3.62. The Labute approximate surface area is 132 Å². The maximum atomic E-state index is 4.55. The number of thiophene rings is 1. The molecule has 5 heteroatoms. The number of aromatic nitrogens is 2. The van der Waals surface area contributed by atoms with Crippen molar-refractivity contribution in [1.29, 1.82) is 0 Å². The van der Waals surface area contributed by atoms with Crippen molar-refractivity contribution in [2.75, 3.05) is 0 Å². The number of rotatable bonds is 6. The third-order valence-electron chi connectivity index (χ3n) is 3.25. The maximum absolute atomic E-state index is 4.55. The van der Waals surface area contributed by atoms with Gasteiger partial charge < -0.3 is 5.32 Å². The first-order chi connectivity index (χ1) is 10.3. The number of nitrogens with zero attached hydrogens (tertiary/aromatic N) is 2. The van der Waals surface area contributed by atoms with E-state index in [2.05, 4.69) is 44.2 Å². The monoisotopic (exact) mass is 315 g/mol. The van der Waals surface area contributed by atoms with Crippen LogP contribution in [0.1, 0.15) is 28.0 Å². The quantitative estimate of drug-likeness (QED) is 0.747. The standard InChI is InChI=1S/C16H17N3S2/c1-12-3-2-4-14(19-12)10-18-15(16-17-6-8-21-16)9-13-5-7-20-11-13/h2-8,11,15,18H,9-10H2,1H3/t15-/m1/s1. The lowest BCUT2D eigenvalue weighted by molar-refractivity contribution is 0.523. The molecule has 3 aromatic heterocycles. The number of nitrogens with one attached hydrogen (secondary N) is 1. The molecule has 0 aliphatic heterocycles. The molecular weight excluding hydrogens is 298 g/mol. The molecule has 0 saturated heterocycles. The van der Waals surface area contributed by atoms with Crippen molar-refractivity contribution in [1.82, 2.24) is 15.3 Å². The molecule has 108 valence electrons. The van der Waals surface area contributed by atoms with E-state index in [0.717, 1.165) is 29.4 Å². The summed E-state index contributed by atoms with van der Waals surface area (Å²) >= 11 is 3.44. The van der Waals surface area contributed by atoms with Crippen LogP contribution in [0.2, 0.25) is 0 Å². The van der Waals surface area contributed by atoms with Crippen molar-refractivity contribution in [2.24, 2.45) is 0 Å². The molecule has 1 N–H and O–H groups in total. The zero-order valence-corrected chi connectivity index (χ0v) is 13.5.